The molecule has 0 spiro atoms. The zero-order valence-electron chi connectivity index (χ0n) is 10.8. The minimum absolute atomic E-state index is 0.0192. The Morgan fingerprint density at radius 1 is 1.35 bits per heavy atom. The van der Waals surface area contributed by atoms with Crippen LogP contribution in [0.5, 0.6) is 0 Å². The molecule has 6 heteroatoms. The molecule has 2 aromatic heterocycles. The number of para-hydroxylation sites is 1. The molecule has 0 atom stereocenters. The van der Waals surface area contributed by atoms with E-state index in [0.29, 0.717) is 25.3 Å². The number of hydrogen-bond donors (Lipinski definition) is 2. The van der Waals surface area contributed by atoms with E-state index in [4.69, 9.17) is 4.52 Å². The summed E-state index contributed by atoms with van der Waals surface area (Å²) in [7, 11) is 0. The minimum Gasteiger partial charge on any atom is -0.361 e. The Bertz CT molecular complexity index is 703. The van der Waals surface area contributed by atoms with Crippen LogP contribution in [0, 0.1) is 0 Å². The van der Waals surface area contributed by atoms with E-state index < -0.39 is 0 Å². The summed E-state index contributed by atoms with van der Waals surface area (Å²) >= 11 is 0. The van der Waals surface area contributed by atoms with E-state index in [1.807, 2.05) is 30.5 Å². The number of carbonyl (C=O) groups is 1. The standard InChI is InChI=1S/C14H14N4O2/c19-13(15-6-5-14-17-9-18-20-14)7-10-8-16-12-4-2-1-3-11(10)12/h1-4,8-9,16H,5-7H2,(H,15,19). The summed E-state index contributed by atoms with van der Waals surface area (Å²) in [5, 5.41) is 7.44. The van der Waals surface area contributed by atoms with Crippen LogP contribution in [0.4, 0.5) is 0 Å². The first-order chi connectivity index (χ1) is 9.83. The topological polar surface area (TPSA) is 83.8 Å². The number of benzene rings is 1. The smallest absolute Gasteiger partial charge is 0.228 e. The average molecular weight is 270 g/mol. The third-order valence-electron chi connectivity index (χ3n) is 3.09. The zero-order valence-corrected chi connectivity index (χ0v) is 10.8. The van der Waals surface area contributed by atoms with Gasteiger partial charge in [0, 0.05) is 30.1 Å². The molecule has 0 radical (unpaired) electrons. The first kappa shape index (κ1) is 12.4. The van der Waals surface area contributed by atoms with Gasteiger partial charge in [-0.2, -0.15) is 4.98 Å². The summed E-state index contributed by atoms with van der Waals surface area (Å²) in [6.45, 7) is 0.489. The summed E-state index contributed by atoms with van der Waals surface area (Å²) in [5.74, 6) is 0.506. The van der Waals surface area contributed by atoms with Crippen LogP contribution in [0.25, 0.3) is 10.9 Å². The maximum atomic E-state index is 11.9. The Labute approximate surface area is 115 Å². The highest BCUT2D eigenvalue weighted by Crippen LogP contribution is 2.17. The van der Waals surface area contributed by atoms with Gasteiger partial charge in [-0.3, -0.25) is 4.79 Å². The molecule has 0 aliphatic heterocycles. The third kappa shape index (κ3) is 2.69. The lowest BCUT2D eigenvalue weighted by Crippen LogP contribution is -2.27. The van der Waals surface area contributed by atoms with Crippen molar-refractivity contribution in [2.24, 2.45) is 0 Å². The normalized spacial score (nSPS) is 10.8. The van der Waals surface area contributed by atoms with Crippen LogP contribution in [-0.4, -0.2) is 27.6 Å². The monoisotopic (exact) mass is 270 g/mol. The molecule has 1 aromatic carbocycles. The highest BCUT2D eigenvalue weighted by Gasteiger charge is 2.08. The molecule has 0 aliphatic rings. The van der Waals surface area contributed by atoms with Gasteiger partial charge in [0.15, 0.2) is 6.33 Å². The highest BCUT2D eigenvalue weighted by atomic mass is 16.5. The summed E-state index contributed by atoms with van der Waals surface area (Å²) < 4.78 is 4.86. The van der Waals surface area contributed by atoms with Crippen LogP contribution in [0.1, 0.15) is 11.5 Å². The predicted octanol–water partition coefficient (Wildman–Crippen LogP) is 1.45. The largest absolute Gasteiger partial charge is 0.361 e. The molecule has 3 aromatic rings. The molecule has 0 saturated heterocycles. The molecule has 102 valence electrons. The number of rotatable bonds is 5. The molecule has 0 aliphatic carbocycles. The van der Waals surface area contributed by atoms with Gasteiger partial charge in [0.05, 0.1) is 6.42 Å². The van der Waals surface area contributed by atoms with Crippen molar-refractivity contribution in [3.8, 4) is 0 Å². The van der Waals surface area contributed by atoms with E-state index >= 15 is 0 Å². The second-order valence-electron chi connectivity index (χ2n) is 4.47. The van der Waals surface area contributed by atoms with Gasteiger partial charge in [0.2, 0.25) is 11.8 Å². The van der Waals surface area contributed by atoms with Crippen LogP contribution < -0.4 is 5.32 Å². The number of hydrogen-bond acceptors (Lipinski definition) is 4. The van der Waals surface area contributed by atoms with Gasteiger partial charge in [0.1, 0.15) is 0 Å². The summed E-state index contributed by atoms with van der Waals surface area (Å²) in [6, 6.07) is 7.93. The number of aromatic amines is 1. The summed E-state index contributed by atoms with van der Waals surface area (Å²) in [6.07, 6.45) is 4.12. The van der Waals surface area contributed by atoms with Crippen molar-refractivity contribution in [2.75, 3.05) is 6.54 Å². The van der Waals surface area contributed by atoms with E-state index in [2.05, 4.69) is 20.4 Å². The number of H-pyrrole nitrogens is 1. The fourth-order valence-electron chi connectivity index (χ4n) is 2.13. The molecule has 2 heterocycles. The summed E-state index contributed by atoms with van der Waals surface area (Å²) in [5.41, 5.74) is 2.04. The number of carbonyl (C=O) groups excluding carboxylic acids is 1. The lowest BCUT2D eigenvalue weighted by Gasteiger charge is -2.02. The Morgan fingerprint density at radius 2 is 2.25 bits per heavy atom. The van der Waals surface area contributed by atoms with Crippen molar-refractivity contribution >= 4 is 16.8 Å². The van der Waals surface area contributed by atoms with Gasteiger partial charge in [-0.05, 0) is 11.6 Å². The first-order valence-electron chi connectivity index (χ1n) is 6.40. The van der Waals surface area contributed by atoms with Gasteiger partial charge in [0.25, 0.3) is 0 Å². The molecular weight excluding hydrogens is 256 g/mol. The average Bonchev–Trinajstić information content (AvgIpc) is 3.09. The lowest BCUT2D eigenvalue weighted by molar-refractivity contribution is -0.120. The minimum atomic E-state index is -0.0192. The maximum absolute atomic E-state index is 11.9. The van der Waals surface area contributed by atoms with Crippen molar-refractivity contribution in [3.63, 3.8) is 0 Å². The fourth-order valence-corrected chi connectivity index (χ4v) is 2.13. The molecule has 0 bridgehead atoms. The Balaban J connectivity index is 1.56. The Morgan fingerprint density at radius 3 is 3.10 bits per heavy atom. The zero-order chi connectivity index (χ0) is 13.8. The highest BCUT2D eigenvalue weighted by molar-refractivity contribution is 5.88. The van der Waals surface area contributed by atoms with E-state index in [0.717, 1.165) is 16.5 Å². The molecule has 0 saturated carbocycles. The van der Waals surface area contributed by atoms with Gasteiger partial charge < -0.3 is 14.8 Å². The van der Waals surface area contributed by atoms with Crippen molar-refractivity contribution in [1.29, 1.82) is 0 Å². The molecule has 0 fully saturated rings. The molecule has 1 amide bonds. The van der Waals surface area contributed by atoms with Crippen molar-refractivity contribution in [3.05, 3.63) is 48.2 Å². The molecule has 0 unspecified atom stereocenters. The lowest BCUT2D eigenvalue weighted by atomic mass is 10.1. The van der Waals surface area contributed by atoms with Crippen LogP contribution in [0.15, 0.2) is 41.3 Å². The maximum Gasteiger partial charge on any atom is 0.228 e. The number of nitrogens with one attached hydrogen (secondary N) is 2. The molecule has 3 rings (SSSR count). The van der Waals surface area contributed by atoms with Crippen molar-refractivity contribution in [2.45, 2.75) is 12.8 Å². The number of fused-ring (bicyclic) bond motifs is 1. The quantitative estimate of drug-likeness (QED) is 0.735. The Kier molecular flexibility index (Phi) is 3.45. The van der Waals surface area contributed by atoms with Crippen molar-refractivity contribution in [1.82, 2.24) is 20.4 Å². The molecular formula is C14H14N4O2. The number of nitrogens with zero attached hydrogens (tertiary/aromatic N) is 2. The third-order valence-corrected chi connectivity index (χ3v) is 3.09. The first-order valence-corrected chi connectivity index (χ1v) is 6.40. The second kappa shape index (κ2) is 5.56. The molecule has 6 nitrogen and oxygen atoms in total. The van der Waals surface area contributed by atoms with Gasteiger partial charge in [-0.1, -0.05) is 23.4 Å². The number of aromatic nitrogens is 3. The SMILES string of the molecule is O=C(Cc1c[nH]c2ccccc12)NCCc1ncno1. The van der Waals surface area contributed by atoms with E-state index in [-0.39, 0.29) is 5.91 Å². The van der Waals surface area contributed by atoms with Crippen LogP contribution in [0.2, 0.25) is 0 Å². The van der Waals surface area contributed by atoms with Gasteiger partial charge in [-0.25, -0.2) is 0 Å². The van der Waals surface area contributed by atoms with Crippen LogP contribution >= 0.6 is 0 Å². The fraction of sp³-hybridized carbons (Fsp3) is 0.214. The summed E-state index contributed by atoms with van der Waals surface area (Å²) in [4.78, 5) is 18.9. The molecule has 2 N–H and O–H groups in total. The van der Waals surface area contributed by atoms with E-state index in [1.165, 1.54) is 6.33 Å². The van der Waals surface area contributed by atoms with Gasteiger partial charge in [-0.15, -0.1) is 0 Å². The second-order valence-corrected chi connectivity index (χ2v) is 4.47. The van der Waals surface area contributed by atoms with Gasteiger partial charge >= 0.3 is 0 Å². The van der Waals surface area contributed by atoms with Crippen molar-refractivity contribution < 1.29 is 9.32 Å². The van der Waals surface area contributed by atoms with Crippen LogP contribution in [-0.2, 0) is 17.6 Å². The van der Waals surface area contributed by atoms with E-state index in [9.17, 15) is 4.79 Å². The predicted molar refractivity (Wildman–Crippen MR) is 73.0 cm³/mol. The number of amides is 1. The van der Waals surface area contributed by atoms with E-state index in [1.54, 1.807) is 0 Å². The van der Waals surface area contributed by atoms with Crippen LogP contribution in [0.3, 0.4) is 0 Å². The molecule has 20 heavy (non-hydrogen) atoms. The Hall–Kier alpha value is -2.63.